The van der Waals surface area contributed by atoms with Crippen LogP contribution in [0.4, 0.5) is 0 Å². The lowest BCUT2D eigenvalue weighted by Gasteiger charge is -2.48. The minimum absolute atomic E-state index is 0.164. The Morgan fingerprint density at radius 2 is 1.94 bits per heavy atom. The first-order valence-corrected chi connectivity index (χ1v) is 6.13. The molecule has 1 saturated heterocycles. The largest absolute Gasteiger partial charge is 0.380 e. The van der Waals surface area contributed by atoms with Crippen molar-refractivity contribution in [3.8, 4) is 0 Å². The Hall–Kier alpha value is -1.10. The highest BCUT2D eigenvalue weighted by molar-refractivity contribution is 5.86. The van der Waals surface area contributed by atoms with Crippen LogP contribution in [0.3, 0.4) is 0 Å². The molecule has 5 heteroatoms. The Morgan fingerprint density at radius 1 is 1.29 bits per heavy atom. The third kappa shape index (κ3) is 2.04. The van der Waals surface area contributed by atoms with Crippen LogP contribution in [0, 0.1) is 0 Å². The fourth-order valence-electron chi connectivity index (χ4n) is 2.56. The van der Waals surface area contributed by atoms with Crippen molar-refractivity contribution in [2.45, 2.75) is 44.2 Å². The van der Waals surface area contributed by atoms with E-state index in [1.807, 2.05) is 13.8 Å². The van der Waals surface area contributed by atoms with Gasteiger partial charge in [0.25, 0.3) is 5.91 Å². The smallest absolute Gasteiger partial charge is 0.254 e. The van der Waals surface area contributed by atoms with E-state index in [0.29, 0.717) is 32.5 Å². The summed E-state index contributed by atoms with van der Waals surface area (Å²) in [7, 11) is 0. The van der Waals surface area contributed by atoms with Gasteiger partial charge in [0.1, 0.15) is 5.60 Å². The molecule has 0 aromatic heterocycles. The second-order valence-corrected chi connectivity index (χ2v) is 5.72. The first-order valence-electron chi connectivity index (χ1n) is 6.13. The normalized spacial score (nSPS) is 26.3. The monoisotopic (exact) mass is 240 g/mol. The molecule has 0 aromatic carbocycles. The first-order chi connectivity index (χ1) is 7.89. The summed E-state index contributed by atoms with van der Waals surface area (Å²) in [5.74, 6) is -0.164. The fraction of sp³-hybridized carbons (Fsp3) is 0.833. The second-order valence-electron chi connectivity index (χ2n) is 5.72. The molecule has 96 valence electrons. The van der Waals surface area contributed by atoms with Gasteiger partial charge in [-0.25, -0.2) is 0 Å². The number of hydrogen-bond donors (Lipinski definition) is 1. The van der Waals surface area contributed by atoms with Crippen LogP contribution in [0.5, 0.6) is 0 Å². The molecular formula is C12H20N2O3. The lowest BCUT2D eigenvalue weighted by Crippen LogP contribution is -2.64. The number of hydrogen-bond acceptors (Lipinski definition) is 3. The van der Waals surface area contributed by atoms with Crippen LogP contribution in [-0.4, -0.2) is 58.0 Å². The zero-order valence-corrected chi connectivity index (χ0v) is 10.5. The minimum atomic E-state index is -1.13. The third-order valence-corrected chi connectivity index (χ3v) is 3.96. The molecule has 2 fully saturated rings. The van der Waals surface area contributed by atoms with Gasteiger partial charge in [-0.3, -0.25) is 9.59 Å². The average Bonchev–Trinajstić information content (AvgIpc) is 2.23. The minimum Gasteiger partial charge on any atom is -0.380 e. The van der Waals surface area contributed by atoms with Crippen LogP contribution >= 0.6 is 0 Å². The van der Waals surface area contributed by atoms with E-state index in [1.165, 1.54) is 0 Å². The zero-order chi connectivity index (χ0) is 12.7. The molecule has 1 saturated carbocycles. The van der Waals surface area contributed by atoms with Gasteiger partial charge < -0.3 is 14.9 Å². The lowest BCUT2D eigenvalue weighted by atomic mass is 9.78. The summed E-state index contributed by atoms with van der Waals surface area (Å²) in [4.78, 5) is 26.4. The van der Waals surface area contributed by atoms with Crippen molar-refractivity contribution in [2.75, 3.05) is 19.6 Å². The lowest BCUT2D eigenvalue weighted by molar-refractivity contribution is -0.166. The number of carbonyl (C=O) groups is 2. The van der Waals surface area contributed by atoms with Crippen LogP contribution in [0.1, 0.15) is 33.1 Å². The number of rotatable bonds is 2. The molecule has 1 heterocycles. The molecule has 0 atom stereocenters. The molecule has 1 N–H and O–H groups in total. The molecule has 0 aromatic rings. The van der Waals surface area contributed by atoms with Crippen molar-refractivity contribution in [3.05, 3.63) is 0 Å². The maximum atomic E-state index is 12.2. The molecule has 1 aliphatic heterocycles. The van der Waals surface area contributed by atoms with E-state index in [2.05, 4.69) is 0 Å². The summed E-state index contributed by atoms with van der Waals surface area (Å²) in [5.41, 5.74) is -1.48. The molecular weight excluding hydrogens is 220 g/mol. The summed E-state index contributed by atoms with van der Waals surface area (Å²) < 4.78 is 0. The summed E-state index contributed by atoms with van der Waals surface area (Å²) in [5, 5.41) is 10.0. The van der Waals surface area contributed by atoms with Crippen molar-refractivity contribution in [1.29, 1.82) is 0 Å². The van der Waals surface area contributed by atoms with E-state index in [1.54, 1.807) is 9.80 Å². The van der Waals surface area contributed by atoms with Crippen LogP contribution < -0.4 is 0 Å². The number of piperazine rings is 1. The van der Waals surface area contributed by atoms with Crippen LogP contribution in [0.25, 0.3) is 0 Å². The van der Waals surface area contributed by atoms with E-state index in [0.717, 1.165) is 12.8 Å². The molecule has 17 heavy (non-hydrogen) atoms. The topological polar surface area (TPSA) is 60.9 Å². The van der Waals surface area contributed by atoms with E-state index in [4.69, 9.17) is 0 Å². The molecule has 0 unspecified atom stereocenters. The van der Waals surface area contributed by atoms with E-state index < -0.39 is 5.60 Å². The maximum Gasteiger partial charge on any atom is 0.254 e. The SMILES string of the molecule is CC1(C)CN(C(=O)C2(O)CCC2)CCN1C=O. The van der Waals surface area contributed by atoms with Crippen molar-refractivity contribution >= 4 is 12.3 Å². The number of amides is 2. The Labute approximate surface area is 101 Å². The summed E-state index contributed by atoms with van der Waals surface area (Å²) >= 11 is 0. The highest BCUT2D eigenvalue weighted by Gasteiger charge is 2.46. The Morgan fingerprint density at radius 3 is 2.35 bits per heavy atom. The Kier molecular flexibility index (Phi) is 2.89. The fourth-order valence-corrected chi connectivity index (χ4v) is 2.56. The molecule has 1 aliphatic carbocycles. The second kappa shape index (κ2) is 3.98. The van der Waals surface area contributed by atoms with E-state index >= 15 is 0 Å². The molecule has 0 radical (unpaired) electrons. The van der Waals surface area contributed by atoms with Crippen molar-refractivity contribution < 1.29 is 14.7 Å². The molecule has 2 aliphatic rings. The molecule has 0 spiro atoms. The first kappa shape index (κ1) is 12.4. The number of carbonyl (C=O) groups excluding carboxylic acids is 2. The molecule has 2 rings (SSSR count). The highest BCUT2D eigenvalue weighted by atomic mass is 16.3. The van der Waals surface area contributed by atoms with Gasteiger partial charge in [-0.1, -0.05) is 0 Å². The maximum absolute atomic E-state index is 12.2. The Balaban J connectivity index is 2.05. The van der Waals surface area contributed by atoms with E-state index in [9.17, 15) is 14.7 Å². The summed E-state index contributed by atoms with van der Waals surface area (Å²) in [6, 6.07) is 0. The van der Waals surface area contributed by atoms with Gasteiger partial charge in [-0.15, -0.1) is 0 Å². The standard InChI is InChI=1S/C12H20N2O3/c1-11(2)8-13(6-7-14(11)9-15)10(16)12(17)4-3-5-12/h9,17H,3-8H2,1-2H3. The predicted octanol–water partition coefficient (Wildman–Crippen LogP) is -0.0194. The number of nitrogens with zero attached hydrogens (tertiary/aromatic N) is 2. The van der Waals surface area contributed by atoms with Crippen molar-refractivity contribution in [2.24, 2.45) is 0 Å². The zero-order valence-electron chi connectivity index (χ0n) is 10.5. The van der Waals surface area contributed by atoms with Gasteiger partial charge in [-0.05, 0) is 33.1 Å². The van der Waals surface area contributed by atoms with Gasteiger partial charge in [0.2, 0.25) is 6.41 Å². The van der Waals surface area contributed by atoms with Crippen LogP contribution in [0.2, 0.25) is 0 Å². The Bertz CT molecular complexity index is 337. The van der Waals surface area contributed by atoms with Gasteiger partial charge in [0.05, 0.1) is 5.54 Å². The average molecular weight is 240 g/mol. The van der Waals surface area contributed by atoms with Gasteiger partial charge in [-0.2, -0.15) is 0 Å². The van der Waals surface area contributed by atoms with Crippen LogP contribution in [-0.2, 0) is 9.59 Å². The molecule has 5 nitrogen and oxygen atoms in total. The summed E-state index contributed by atoms with van der Waals surface area (Å²) in [6.07, 6.45) is 2.89. The number of aliphatic hydroxyl groups is 1. The quantitative estimate of drug-likeness (QED) is 0.690. The van der Waals surface area contributed by atoms with Crippen molar-refractivity contribution in [3.63, 3.8) is 0 Å². The van der Waals surface area contributed by atoms with Crippen molar-refractivity contribution in [1.82, 2.24) is 9.80 Å². The van der Waals surface area contributed by atoms with E-state index in [-0.39, 0.29) is 11.4 Å². The van der Waals surface area contributed by atoms with Gasteiger partial charge >= 0.3 is 0 Å². The van der Waals surface area contributed by atoms with Gasteiger partial charge in [0.15, 0.2) is 0 Å². The predicted molar refractivity (Wildman–Crippen MR) is 62.2 cm³/mol. The summed E-state index contributed by atoms with van der Waals surface area (Å²) in [6.45, 7) is 5.42. The molecule has 2 amide bonds. The van der Waals surface area contributed by atoms with Crippen LogP contribution in [0.15, 0.2) is 0 Å². The highest BCUT2D eigenvalue weighted by Crippen LogP contribution is 2.34. The molecule has 0 bridgehead atoms. The van der Waals surface area contributed by atoms with Gasteiger partial charge in [0, 0.05) is 19.6 Å². The third-order valence-electron chi connectivity index (χ3n) is 3.96.